The first kappa shape index (κ1) is 27.2. The Labute approximate surface area is 175 Å². The highest BCUT2D eigenvalue weighted by Crippen LogP contribution is 2.14. The van der Waals surface area contributed by atoms with Gasteiger partial charge >= 0.3 is 18.0 Å². The van der Waals surface area contributed by atoms with Gasteiger partial charge in [-0.05, 0) is 12.8 Å². The maximum Gasteiger partial charge on any atom is 0.405 e. The van der Waals surface area contributed by atoms with Crippen molar-refractivity contribution in [2.75, 3.05) is 0 Å². The van der Waals surface area contributed by atoms with E-state index in [4.69, 9.17) is 15.3 Å². The van der Waals surface area contributed by atoms with Gasteiger partial charge in [0.15, 0.2) is 0 Å². The maximum absolute atomic E-state index is 10.9. The summed E-state index contributed by atoms with van der Waals surface area (Å²) in [5, 5.41) is 28.1. The van der Waals surface area contributed by atoms with Crippen LogP contribution in [0.1, 0.15) is 116 Å². The van der Waals surface area contributed by atoms with Gasteiger partial charge in [0.2, 0.25) is 0 Å². The van der Waals surface area contributed by atoms with Crippen LogP contribution in [0, 0.1) is 0 Å². The molecule has 4 N–H and O–H groups in total. The summed E-state index contributed by atoms with van der Waals surface area (Å²) in [4.78, 5) is 31.8. The van der Waals surface area contributed by atoms with Gasteiger partial charge in [0, 0.05) is 6.42 Å². The Bertz CT molecular complexity index is 441. The Morgan fingerprint density at radius 3 is 1.21 bits per heavy atom. The Hall–Kier alpha value is -1.79. The van der Waals surface area contributed by atoms with Crippen molar-refractivity contribution < 1.29 is 29.7 Å². The monoisotopic (exact) mass is 415 g/mol. The second-order valence-corrected chi connectivity index (χ2v) is 7.93. The van der Waals surface area contributed by atoms with E-state index < -0.39 is 24.1 Å². The fourth-order valence-corrected chi connectivity index (χ4v) is 3.51. The van der Waals surface area contributed by atoms with Gasteiger partial charge in [-0.25, -0.2) is 9.59 Å². The van der Waals surface area contributed by atoms with E-state index >= 15 is 0 Å². The van der Waals surface area contributed by atoms with Crippen molar-refractivity contribution in [2.45, 2.75) is 122 Å². The molecule has 7 nitrogen and oxygen atoms in total. The van der Waals surface area contributed by atoms with Crippen LogP contribution in [0.25, 0.3) is 0 Å². The van der Waals surface area contributed by atoms with Crippen molar-refractivity contribution in [2.24, 2.45) is 0 Å². The number of aliphatic carboxylic acids is 2. The van der Waals surface area contributed by atoms with Crippen molar-refractivity contribution in [1.29, 1.82) is 0 Å². The highest BCUT2D eigenvalue weighted by Gasteiger charge is 2.18. The Balaban J connectivity index is 3.25. The largest absolute Gasteiger partial charge is 0.481 e. The molecule has 170 valence electrons. The zero-order valence-corrected chi connectivity index (χ0v) is 17.9. The fraction of sp³-hybridized carbons (Fsp3) is 0.864. The Morgan fingerprint density at radius 2 is 0.897 bits per heavy atom. The first-order valence-electron chi connectivity index (χ1n) is 11.4. The van der Waals surface area contributed by atoms with E-state index in [-0.39, 0.29) is 0 Å². The van der Waals surface area contributed by atoms with Crippen LogP contribution in [0.2, 0.25) is 0 Å². The van der Waals surface area contributed by atoms with Crippen LogP contribution in [0.3, 0.4) is 0 Å². The van der Waals surface area contributed by atoms with E-state index in [9.17, 15) is 14.4 Å². The lowest BCUT2D eigenvalue weighted by molar-refractivity contribution is -0.139. The molecular formula is C22H41NO6. The summed E-state index contributed by atoms with van der Waals surface area (Å²) in [5.74, 6) is -1.80. The predicted molar refractivity (Wildman–Crippen MR) is 113 cm³/mol. The van der Waals surface area contributed by atoms with Gasteiger partial charge < -0.3 is 20.6 Å². The molecular weight excluding hydrogens is 374 g/mol. The summed E-state index contributed by atoms with van der Waals surface area (Å²) in [5.41, 5.74) is 0. The molecule has 0 aromatic carbocycles. The standard InChI is InChI=1S/C22H41NO6/c24-20(25)18-16-14-12-10-8-6-4-2-1-3-5-7-9-11-13-15-17-19(21(26)27)23-22(28)29/h19,23H,1-18H2,(H,24,25)(H,26,27)(H,28,29). The van der Waals surface area contributed by atoms with Crippen LogP contribution in [0.5, 0.6) is 0 Å². The summed E-state index contributed by atoms with van der Waals surface area (Å²) in [6, 6.07) is -0.996. The van der Waals surface area contributed by atoms with Crippen LogP contribution in [0.15, 0.2) is 0 Å². The zero-order chi connectivity index (χ0) is 21.7. The number of hydrogen-bond acceptors (Lipinski definition) is 3. The summed E-state index contributed by atoms with van der Waals surface area (Å²) < 4.78 is 0. The van der Waals surface area contributed by atoms with Gasteiger partial charge in [-0.15, -0.1) is 0 Å². The van der Waals surface area contributed by atoms with Crippen molar-refractivity contribution in [1.82, 2.24) is 5.32 Å². The number of carboxylic acids is 2. The third-order valence-corrected chi connectivity index (χ3v) is 5.23. The second-order valence-electron chi connectivity index (χ2n) is 7.93. The molecule has 0 rings (SSSR count). The maximum atomic E-state index is 10.9. The highest BCUT2D eigenvalue weighted by atomic mass is 16.4. The van der Waals surface area contributed by atoms with Crippen LogP contribution < -0.4 is 5.32 Å². The molecule has 0 aromatic heterocycles. The van der Waals surface area contributed by atoms with Crippen molar-refractivity contribution >= 4 is 18.0 Å². The molecule has 0 fully saturated rings. The molecule has 0 aliphatic carbocycles. The van der Waals surface area contributed by atoms with E-state index in [2.05, 4.69) is 0 Å². The molecule has 0 radical (unpaired) electrons. The van der Waals surface area contributed by atoms with Gasteiger partial charge in [0.05, 0.1) is 0 Å². The first-order chi connectivity index (χ1) is 13.9. The molecule has 0 saturated heterocycles. The topological polar surface area (TPSA) is 124 Å². The van der Waals surface area contributed by atoms with E-state index in [1.165, 1.54) is 57.8 Å². The van der Waals surface area contributed by atoms with Crippen LogP contribution in [-0.4, -0.2) is 39.4 Å². The lowest BCUT2D eigenvalue weighted by atomic mass is 10.0. The third-order valence-electron chi connectivity index (χ3n) is 5.23. The average Bonchev–Trinajstić information content (AvgIpc) is 2.65. The number of hydrogen-bond donors (Lipinski definition) is 4. The number of nitrogens with one attached hydrogen (secondary N) is 1. The number of carbonyl (C=O) groups is 3. The number of carboxylic acid groups (broad SMARTS) is 3. The molecule has 0 spiro atoms. The summed E-state index contributed by atoms with van der Waals surface area (Å²) in [6.07, 6.45) is 17.7. The van der Waals surface area contributed by atoms with Gasteiger partial charge in [-0.1, -0.05) is 96.3 Å². The molecule has 1 atom stereocenters. The minimum atomic E-state index is -1.29. The van der Waals surface area contributed by atoms with E-state index in [0.717, 1.165) is 44.9 Å². The van der Waals surface area contributed by atoms with Crippen LogP contribution in [0.4, 0.5) is 4.79 Å². The molecule has 7 heteroatoms. The van der Waals surface area contributed by atoms with Gasteiger partial charge in [-0.2, -0.15) is 0 Å². The molecule has 0 saturated carbocycles. The molecule has 0 aliphatic rings. The van der Waals surface area contributed by atoms with Crippen molar-refractivity contribution in [3.63, 3.8) is 0 Å². The van der Waals surface area contributed by atoms with E-state index in [1.807, 2.05) is 5.32 Å². The predicted octanol–water partition coefficient (Wildman–Crippen LogP) is 5.81. The minimum absolute atomic E-state index is 0.301. The van der Waals surface area contributed by atoms with Crippen LogP contribution >= 0.6 is 0 Å². The highest BCUT2D eigenvalue weighted by molar-refractivity contribution is 5.79. The average molecular weight is 416 g/mol. The SMILES string of the molecule is O=C(O)CCCCCCCCCCCCCCCCCCC(NC(=O)O)C(=O)O. The number of unbranched alkanes of at least 4 members (excludes halogenated alkanes) is 15. The molecule has 1 unspecified atom stereocenters. The quantitative estimate of drug-likeness (QED) is 0.175. The summed E-state index contributed by atoms with van der Waals surface area (Å²) in [7, 11) is 0. The molecule has 0 aromatic rings. The van der Waals surface area contributed by atoms with E-state index in [1.54, 1.807) is 0 Å². The molecule has 29 heavy (non-hydrogen) atoms. The third kappa shape index (κ3) is 20.7. The normalized spacial score (nSPS) is 11.9. The lowest BCUT2D eigenvalue weighted by Crippen LogP contribution is -2.39. The van der Waals surface area contributed by atoms with Gasteiger partial charge in [-0.3, -0.25) is 4.79 Å². The molecule has 0 heterocycles. The van der Waals surface area contributed by atoms with Crippen molar-refractivity contribution in [3.05, 3.63) is 0 Å². The lowest BCUT2D eigenvalue weighted by Gasteiger charge is -2.11. The molecule has 1 amide bonds. The summed E-state index contributed by atoms with van der Waals surface area (Å²) >= 11 is 0. The second kappa shape index (κ2) is 19.5. The van der Waals surface area contributed by atoms with Gasteiger partial charge in [0.25, 0.3) is 0 Å². The Morgan fingerprint density at radius 1 is 0.552 bits per heavy atom. The first-order valence-corrected chi connectivity index (χ1v) is 11.4. The molecule has 0 aliphatic heterocycles. The summed E-state index contributed by atoms with van der Waals surface area (Å²) in [6.45, 7) is 0. The number of rotatable bonds is 21. The smallest absolute Gasteiger partial charge is 0.405 e. The zero-order valence-electron chi connectivity index (χ0n) is 17.9. The number of amides is 1. The van der Waals surface area contributed by atoms with Crippen molar-refractivity contribution in [3.8, 4) is 0 Å². The molecule has 0 bridgehead atoms. The minimum Gasteiger partial charge on any atom is -0.481 e. The van der Waals surface area contributed by atoms with Gasteiger partial charge in [0.1, 0.15) is 6.04 Å². The fourth-order valence-electron chi connectivity index (χ4n) is 3.51. The Kier molecular flexibility index (Phi) is 18.3. The van der Waals surface area contributed by atoms with Crippen LogP contribution in [-0.2, 0) is 9.59 Å². The van der Waals surface area contributed by atoms with E-state index in [0.29, 0.717) is 12.8 Å².